The Morgan fingerprint density at radius 3 is 2.44 bits per heavy atom. The summed E-state index contributed by atoms with van der Waals surface area (Å²) < 4.78 is 26.4. The summed E-state index contributed by atoms with van der Waals surface area (Å²) in [6.07, 6.45) is 0.986. The van der Waals surface area contributed by atoms with Gasteiger partial charge in [-0.2, -0.15) is 0 Å². The topological polar surface area (TPSA) is 15.3 Å². The highest BCUT2D eigenvalue weighted by Crippen LogP contribution is 2.18. The van der Waals surface area contributed by atoms with Crippen molar-refractivity contribution >= 4 is 0 Å². The van der Waals surface area contributed by atoms with Gasteiger partial charge in [0.2, 0.25) is 0 Å². The summed E-state index contributed by atoms with van der Waals surface area (Å²) in [5.74, 6) is -1.03. The van der Waals surface area contributed by atoms with Crippen LogP contribution in [0.1, 0.15) is 31.9 Å². The van der Waals surface area contributed by atoms with Gasteiger partial charge in [0, 0.05) is 23.7 Å². The Balaban J connectivity index is 2.56. The molecule has 102 valence electrons. The lowest BCUT2D eigenvalue weighted by atomic mass is 10.1. The highest BCUT2D eigenvalue weighted by Gasteiger charge is 2.14. The number of nitrogens with zero attached hydrogens (tertiary/aromatic N) is 1. The minimum absolute atomic E-state index is 0.122. The van der Waals surface area contributed by atoms with Crippen molar-refractivity contribution < 1.29 is 8.78 Å². The third-order valence-corrected chi connectivity index (χ3v) is 2.97. The first-order chi connectivity index (χ1) is 8.40. The molecule has 0 aromatic heterocycles. The summed E-state index contributed by atoms with van der Waals surface area (Å²) in [6.45, 7) is 4.94. The second-order valence-corrected chi connectivity index (χ2v) is 5.05. The molecule has 2 unspecified atom stereocenters. The summed E-state index contributed by atoms with van der Waals surface area (Å²) in [7, 11) is 4.05. The van der Waals surface area contributed by atoms with Crippen LogP contribution in [-0.4, -0.2) is 31.6 Å². The van der Waals surface area contributed by atoms with Crippen LogP contribution in [0.15, 0.2) is 18.2 Å². The molecule has 1 N–H and O–H groups in total. The summed E-state index contributed by atoms with van der Waals surface area (Å²) in [5.41, 5.74) is 0.508. The number of rotatable bonds is 6. The van der Waals surface area contributed by atoms with Crippen LogP contribution in [0.3, 0.4) is 0 Å². The lowest BCUT2D eigenvalue weighted by Gasteiger charge is -2.22. The monoisotopic (exact) mass is 256 g/mol. The predicted octanol–water partition coefficient (Wildman–Crippen LogP) is 2.96. The molecule has 1 rings (SSSR count). The minimum Gasteiger partial charge on any atom is -0.309 e. The maximum atomic E-state index is 13.6. The summed E-state index contributed by atoms with van der Waals surface area (Å²) in [5, 5.41) is 3.32. The molecule has 0 amide bonds. The first-order valence-electron chi connectivity index (χ1n) is 6.26. The number of halogens is 2. The molecule has 0 spiro atoms. The van der Waals surface area contributed by atoms with Gasteiger partial charge in [-0.25, -0.2) is 8.78 Å². The van der Waals surface area contributed by atoms with Crippen LogP contribution in [0.2, 0.25) is 0 Å². The van der Waals surface area contributed by atoms with E-state index in [1.54, 1.807) is 0 Å². The van der Waals surface area contributed by atoms with Crippen LogP contribution in [0.4, 0.5) is 8.78 Å². The van der Waals surface area contributed by atoms with Gasteiger partial charge in [0.25, 0.3) is 0 Å². The maximum Gasteiger partial charge on any atom is 0.130 e. The molecule has 0 bridgehead atoms. The molecule has 4 heteroatoms. The molecule has 0 radical (unpaired) electrons. The molecule has 2 atom stereocenters. The fourth-order valence-corrected chi connectivity index (χ4v) is 1.90. The number of hydrogen-bond acceptors (Lipinski definition) is 2. The van der Waals surface area contributed by atoms with Crippen LogP contribution < -0.4 is 5.32 Å². The van der Waals surface area contributed by atoms with Gasteiger partial charge in [-0.05, 0) is 47.0 Å². The highest BCUT2D eigenvalue weighted by atomic mass is 19.1. The zero-order valence-corrected chi connectivity index (χ0v) is 11.5. The Morgan fingerprint density at radius 1 is 1.22 bits per heavy atom. The summed E-state index contributed by atoms with van der Waals surface area (Å²) in [6, 6.07) is 3.88. The van der Waals surface area contributed by atoms with Gasteiger partial charge in [-0.3, -0.25) is 0 Å². The highest BCUT2D eigenvalue weighted by molar-refractivity contribution is 5.21. The predicted molar refractivity (Wildman–Crippen MR) is 70.5 cm³/mol. The van der Waals surface area contributed by atoms with Crippen LogP contribution in [0.5, 0.6) is 0 Å². The third-order valence-electron chi connectivity index (χ3n) is 2.97. The molecule has 0 aliphatic rings. The Bertz CT molecular complexity index is 380. The Morgan fingerprint density at radius 2 is 1.89 bits per heavy atom. The number of nitrogens with one attached hydrogen (secondary N) is 1. The number of hydrogen-bond donors (Lipinski definition) is 1. The lowest BCUT2D eigenvalue weighted by Crippen LogP contribution is -2.32. The van der Waals surface area contributed by atoms with E-state index in [1.165, 1.54) is 12.1 Å². The minimum atomic E-state index is -0.538. The number of benzene rings is 1. The van der Waals surface area contributed by atoms with Crippen LogP contribution in [0.25, 0.3) is 0 Å². The largest absolute Gasteiger partial charge is 0.309 e. The Labute approximate surface area is 108 Å². The van der Waals surface area contributed by atoms with E-state index in [1.807, 2.05) is 21.0 Å². The average Bonchev–Trinajstić information content (AvgIpc) is 2.26. The second-order valence-electron chi connectivity index (χ2n) is 5.05. The molecule has 2 nitrogen and oxygen atoms in total. The van der Waals surface area contributed by atoms with Gasteiger partial charge in [0.1, 0.15) is 11.6 Å². The molecule has 0 saturated carbocycles. The molecule has 0 aliphatic heterocycles. The smallest absolute Gasteiger partial charge is 0.130 e. The molecule has 0 saturated heterocycles. The van der Waals surface area contributed by atoms with Crippen molar-refractivity contribution in [3.63, 3.8) is 0 Å². The molecule has 1 aromatic rings. The second kappa shape index (κ2) is 6.81. The zero-order valence-electron chi connectivity index (χ0n) is 11.5. The van der Waals surface area contributed by atoms with Crippen molar-refractivity contribution in [3.05, 3.63) is 35.4 Å². The van der Waals surface area contributed by atoms with Crippen LogP contribution in [0, 0.1) is 11.6 Å². The SMILES string of the molecule is CC(CCN(C)C)NC(C)c1ccc(F)cc1F. The van der Waals surface area contributed by atoms with E-state index in [0.29, 0.717) is 5.56 Å². The molecule has 0 fully saturated rings. The van der Waals surface area contributed by atoms with E-state index < -0.39 is 11.6 Å². The molecule has 1 aromatic carbocycles. The van der Waals surface area contributed by atoms with Crippen molar-refractivity contribution in [2.75, 3.05) is 20.6 Å². The van der Waals surface area contributed by atoms with Gasteiger partial charge in [-0.1, -0.05) is 6.07 Å². The molecule has 18 heavy (non-hydrogen) atoms. The van der Waals surface area contributed by atoms with E-state index in [0.717, 1.165) is 19.0 Å². The van der Waals surface area contributed by atoms with Crippen molar-refractivity contribution in [2.24, 2.45) is 0 Å². The third kappa shape index (κ3) is 4.70. The molecule has 0 aliphatic carbocycles. The van der Waals surface area contributed by atoms with E-state index in [4.69, 9.17) is 0 Å². The van der Waals surface area contributed by atoms with E-state index in [2.05, 4.69) is 17.1 Å². The van der Waals surface area contributed by atoms with Crippen molar-refractivity contribution in [3.8, 4) is 0 Å². The summed E-state index contributed by atoms with van der Waals surface area (Å²) >= 11 is 0. The first-order valence-corrected chi connectivity index (χ1v) is 6.26. The van der Waals surface area contributed by atoms with E-state index >= 15 is 0 Å². The Hall–Kier alpha value is -1.00. The van der Waals surface area contributed by atoms with Gasteiger partial charge in [0.05, 0.1) is 0 Å². The van der Waals surface area contributed by atoms with Gasteiger partial charge in [-0.15, -0.1) is 0 Å². The van der Waals surface area contributed by atoms with E-state index in [9.17, 15) is 8.78 Å². The van der Waals surface area contributed by atoms with Crippen LogP contribution in [-0.2, 0) is 0 Å². The first kappa shape index (κ1) is 15.1. The average molecular weight is 256 g/mol. The van der Waals surface area contributed by atoms with Crippen molar-refractivity contribution in [1.82, 2.24) is 10.2 Å². The zero-order chi connectivity index (χ0) is 13.7. The van der Waals surface area contributed by atoms with E-state index in [-0.39, 0.29) is 12.1 Å². The van der Waals surface area contributed by atoms with Gasteiger partial charge in [0.15, 0.2) is 0 Å². The fourth-order valence-electron chi connectivity index (χ4n) is 1.90. The lowest BCUT2D eigenvalue weighted by molar-refractivity contribution is 0.352. The molecular formula is C14H22F2N2. The maximum absolute atomic E-state index is 13.6. The molecular weight excluding hydrogens is 234 g/mol. The standard InChI is InChI=1S/C14H22F2N2/c1-10(7-8-18(3)4)17-11(2)13-6-5-12(15)9-14(13)16/h5-6,9-11,17H,7-8H2,1-4H3. The van der Waals surface area contributed by atoms with Crippen molar-refractivity contribution in [1.29, 1.82) is 0 Å². The quantitative estimate of drug-likeness (QED) is 0.842. The normalized spacial score (nSPS) is 14.8. The van der Waals surface area contributed by atoms with Crippen LogP contribution >= 0.6 is 0 Å². The Kier molecular flexibility index (Phi) is 5.69. The van der Waals surface area contributed by atoms with Crippen molar-refractivity contribution in [2.45, 2.75) is 32.4 Å². The fraction of sp³-hybridized carbons (Fsp3) is 0.571. The van der Waals surface area contributed by atoms with Gasteiger partial charge < -0.3 is 10.2 Å². The summed E-state index contributed by atoms with van der Waals surface area (Å²) in [4.78, 5) is 2.11. The van der Waals surface area contributed by atoms with Gasteiger partial charge >= 0.3 is 0 Å². The molecule has 0 heterocycles.